The fourth-order valence-corrected chi connectivity index (χ4v) is 0. The Morgan fingerprint density at radius 3 is 1.67 bits per heavy atom. The summed E-state index contributed by atoms with van der Waals surface area (Å²) in [4.78, 5) is 0. The second-order valence-corrected chi connectivity index (χ2v) is 4.62. The van der Waals surface area contributed by atoms with Crippen LogP contribution in [0.3, 0.4) is 0 Å². The Morgan fingerprint density at radius 2 is 1.67 bits per heavy atom. The zero-order valence-corrected chi connectivity index (χ0v) is 7.50. The summed E-state index contributed by atoms with van der Waals surface area (Å²) in [7, 11) is 0. The van der Waals surface area contributed by atoms with E-state index >= 15 is 0 Å². The molecule has 0 radical (unpaired) electrons. The standard InChI is InChI=1S/C4H11AsS/c1-3(5)4(2)6/h3-4,6H,5H2,1-2H3. The maximum absolute atomic E-state index is 4.21. The molecule has 0 bridgehead atoms. The van der Waals surface area contributed by atoms with Crippen molar-refractivity contribution >= 4 is 29.5 Å². The molecule has 0 N–H and O–H groups in total. The predicted octanol–water partition coefficient (Wildman–Crippen LogP) is 0.746. The van der Waals surface area contributed by atoms with E-state index in [4.69, 9.17) is 0 Å². The van der Waals surface area contributed by atoms with Gasteiger partial charge in [0.1, 0.15) is 0 Å². The molecule has 0 saturated heterocycles. The summed E-state index contributed by atoms with van der Waals surface area (Å²) in [6, 6.07) is 0. The van der Waals surface area contributed by atoms with Crippen molar-refractivity contribution in [1.82, 2.24) is 0 Å². The van der Waals surface area contributed by atoms with E-state index in [2.05, 4.69) is 26.5 Å². The molecular weight excluding hydrogens is 155 g/mol. The van der Waals surface area contributed by atoms with Crippen molar-refractivity contribution in [2.75, 3.05) is 0 Å². The van der Waals surface area contributed by atoms with Gasteiger partial charge < -0.3 is 0 Å². The van der Waals surface area contributed by atoms with E-state index in [0.717, 1.165) is 4.71 Å². The Labute approximate surface area is 53.6 Å². The molecule has 6 heavy (non-hydrogen) atoms. The summed E-state index contributed by atoms with van der Waals surface area (Å²) in [5, 5.41) is 0.574. The van der Waals surface area contributed by atoms with Crippen LogP contribution in [0, 0.1) is 0 Å². The molecule has 0 rings (SSSR count). The third-order valence-corrected chi connectivity index (χ3v) is 3.12. The molecule has 0 saturated carbocycles. The summed E-state index contributed by atoms with van der Waals surface area (Å²) in [5.41, 5.74) is 0. The van der Waals surface area contributed by atoms with E-state index < -0.39 is 0 Å². The van der Waals surface area contributed by atoms with Crippen molar-refractivity contribution in [3.8, 4) is 0 Å². The molecule has 3 atom stereocenters. The van der Waals surface area contributed by atoms with E-state index in [1.165, 1.54) is 0 Å². The topological polar surface area (TPSA) is 0 Å². The van der Waals surface area contributed by atoms with Gasteiger partial charge in [0, 0.05) is 0 Å². The summed E-state index contributed by atoms with van der Waals surface area (Å²) in [6.45, 7) is 4.31. The second kappa shape index (κ2) is 2.98. The van der Waals surface area contributed by atoms with Gasteiger partial charge in [-0.25, -0.2) is 0 Å². The molecule has 0 amide bonds. The minimum absolute atomic E-state index is 0.574. The average Bonchev–Trinajstić information content (AvgIpc) is 1.36. The van der Waals surface area contributed by atoms with Crippen molar-refractivity contribution in [3.63, 3.8) is 0 Å². The Hall–Kier alpha value is 0.908. The fourth-order valence-electron chi connectivity index (χ4n) is 0. The van der Waals surface area contributed by atoms with E-state index in [1.54, 1.807) is 16.9 Å². The van der Waals surface area contributed by atoms with E-state index in [1.807, 2.05) is 0 Å². The fraction of sp³-hybridized carbons (Fsp3) is 1.00. The van der Waals surface area contributed by atoms with E-state index in [-0.39, 0.29) is 0 Å². The molecule has 2 heteroatoms. The van der Waals surface area contributed by atoms with Crippen LogP contribution in [0.25, 0.3) is 0 Å². The van der Waals surface area contributed by atoms with Crippen LogP contribution < -0.4 is 0 Å². The first kappa shape index (κ1) is 6.91. The van der Waals surface area contributed by atoms with Gasteiger partial charge in [-0.1, -0.05) is 0 Å². The van der Waals surface area contributed by atoms with Crippen LogP contribution in [0.4, 0.5) is 0 Å². The quantitative estimate of drug-likeness (QED) is 0.431. The Balaban J connectivity index is 2.99. The SMILES string of the molecule is CC(S)C(C)[AsH2]. The molecule has 0 spiro atoms. The van der Waals surface area contributed by atoms with Crippen LogP contribution in [0.2, 0.25) is 4.71 Å². The van der Waals surface area contributed by atoms with Gasteiger partial charge in [-0.15, -0.1) is 0 Å². The maximum atomic E-state index is 4.21. The minimum atomic E-state index is 0.574. The molecule has 0 aromatic rings. The zero-order valence-electron chi connectivity index (χ0n) is 4.18. The Bertz CT molecular complexity index is 28.5. The summed E-state index contributed by atoms with van der Waals surface area (Å²) >= 11 is 5.97. The molecule has 0 fully saturated rings. The van der Waals surface area contributed by atoms with Crippen LogP contribution in [0.15, 0.2) is 0 Å². The molecule has 0 aliphatic carbocycles. The van der Waals surface area contributed by atoms with Crippen molar-refractivity contribution < 1.29 is 0 Å². The summed E-state index contributed by atoms with van der Waals surface area (Å²) in [5.74, 6) is 0. The van der Waals surface area contributed by atoms with Gasteiger partial charge in [-0.05, 0) is 0 Å². The van der Waals surface area contributed by atoms with Crippen LogP contribution in [0.1, 0.15) is 13.8 Å². The summed E-state index contributed by atoms with van der Waals surface area (Å²) in [6.07, 6.45) is 0. The van der Waals surface area contributed by atoms with Crippen molar-refractivity contribution in [3.05, 3.63) is 0 Å². The third kappa shape index (κ3) is 3.11. The average molecular weight is 166 g/mol. The van der Waals surface area contributed by atoms with Gasteiger partial charge in [0.15, 0.2) is 0 Å². The van der Waals surface area contributed by atoms with Gasteiger partial charge >= 0.3 is 53.3 Å². The normalized spacial score (nSPS) is 20.0. The number of hydrogen-bond donors (Lipinski definition) is 1. The van der Waals surface area contributed by atoms with E-state index in [0.29, 0.717) is 5.25 Å². The molecule has 0 nitrogen and oxygen atoms in total. The molecule has 0 heterocycles. The van der Waals surface area contributed by atoms with Crippen LogP contribution in [-0.2, 0) is 0 Å². The molecule has 0 aromatic carbocycles. The molecule has 0 aliphatic rings. The Morgan fingerprint density at radius 1 is 1.50 bits per heavy atom. The van der Waals surface area contributed by atoms with Gasteiger partial charge in [0.05, 0.1) is 0 Å². The van der Waals surface area contributed by atoms with Crippen LogP contribution in [-0.4, -0.2) is 22.1 Å². The second-order valence-electron chi connectivity index (χ2n) is 1.60. The predicted molar refractivity (Wildman–Crippen MR) is 36.4 cm³/mol. The first-order valence-corrected chi connectivity index (χ1v) is 3.99. The molecule has 0 aliphatic heterocycles. The summed E-state index contributed by atoms with van der Waals surface area (Å²) < 4.78 is 0.779. The first-order chi connectivity index (χ1) is 2.64. The number of hydrogen-bond acceptors (Lipinski definition) is 1. The third-order valence-electron chi connectivity index (χ3n) is 0.761. The van der Waals surface area contributed by atoms with Gasteiger partial charge in [0.25, 0.3) is 0 Å². The number of thiol groups is 1. The first-order valence-electron chi connectivity index (χ1n) is 2.08. The van der Waals surface area contributed by atoms with Crippen molar-refractivity contribution in [2.24, 2.45) is 0 Å². The van der Waals surface area contributed by atoms with Gasteiger partial charge in [0.2, 0.25) is 0 Å². The monoisotopic (exact) mass is 166 g/mol. The number of rotatable bonds is 1. The van der Waals surface area contributed by atoms with Crippen molar-refractivity contribution in [1.29, 1.82) is 0 Å². The van der Waals surface area contributed by atoms with E-state index in [9.17, 15) is 0 Å². The van der Waals surface area contributed by atoms with Crippen LogP contribution in [0.5, 0.6) is 0 Å². The Kier molecular flexibility index (Phi) is 3.43. The molecular formula is C4H11AsS. The van der Waals surface area contributed by atoms with Crippen LogP contribution >= 0.6 is 12.6 Å². The molecule has 3 unspecified atom stereocenters. The molecule has 38 valence electrons. The van der Waals surface area contributed by atoms with Crippen molar-refractivity contribution in [2.45, 2.75) is 23.8 Å². The zero-order chi connectivity index (χ0) is 5.15. The van der Waals surface area contributed by atoms with Gasteiger partial charge in [-0.2, -0.15) is 0 Å². The van der Waals surface area contributed by atoms with Gasteiger partial charge in [-0.3, -0.25) is 0 Å². The molecule has 0 aromatic heterocycles.